The second-order valence-electron chi connectivity index (χ2n) is 4.38. The second kappa shape index (κ2) is 6.78. The Kier molecular flexibility index (Phi) is 5.62. The molecular formula is C13H22O2. The van der Waals surface area contributed by atoms with E-state index in [2.05, 4.69) is 6.08 Å². The Balaban J connectivity index is 2.46. The summed E-state index contributed by atoms with van der Waals surface area (Å²) in [6, 6.07) is 0. The first-order valence-corrected chi connectivity index (χ1v) is 5.98. The molecule has 1 rings (SSSR count). The van der Waals surface area contributed by atoms with Gasteiger partial charge in [-0.1, -0.05) is 19.4 Å². The first kappa shape index (κ1) is 12.4. The minimum absolute atomic E-state index is 0.120. The fraction of sp³-hybridized carbons (Fsp3) is 0.769. The van der Waals surface area contributed by atoms with Crippen molar-refractivity contribution < 1.29 is 9.53 Å². The summed E-state index contributed by atoms with van der Waals surface area (Å²) in [5.74, 6) is 0.461. The van der Waals surface area contributed by atoms with Crippen molar-refractivity contribution >= 4 is 5.78 Å². The van der Waals surface area contributed by atoms with Crippen LogP contribution in [-0.4, -0.2) is 19.5 Å². The average Bonchev–Trinajstić information content (AvgIpc) is 2.53. The predicted molar refractivity (Wildman–Crippen MR) is 61.8 cm³/mol. The fourth-order valence-corrected chi connectivity index (χ4v) is 1.98. The van der Waals surface area contributed by atoms with E-state index in [-0.39, 0.29) is 5.92 Å². The van der Waals surface area contributed by atoms with E-state index in [4.69, 9.17) is 4.74 Å². The molecule has 0 radical (unpaired) electrons. The molecule has 0 aromatic heterocycles. The molecule has 0 spiro atoms. The number of hydrogen-bond donors (Lipinski definition) is 0. The predicted octanol–water partition coefficient (Wildman–Crippen LogP) is 3.12. The quantitative estimate of drug-likeness (QED) is 0.697. The molecule has 0 saturated carbocycles. The summed E-state index contributed by atoms with van der Waals surface area (Å²) in [6.07, 6.45) is 8.73. The highest BCUT2D eigenvalue weighted by Gasteiger charge is 2.17. The molecule has 0 heterocycles. The smallest absolute Gasteiger partial charge is 0.161 e. The summed E-state index contributed by atoms with van der Waals surface area (Å²) in [4.78, 5) is 12.0. The van der Waals surface area contributed by atoms with Crippen molar-refractivity contribution in [2.24, 2.45) is 5.92 Å². The third-order valence-electron chi connectivity index (χ3n) is 3.06. The maximum atomic E-state index is 12.0. The zero-order valence-electron chi connectivity index (χ0n) is 9.92. The van der Waals surface area contributed by atoms with Crippen LogP contribution in [0.5, 0.6) is 0 Å². The van der Waals surface area contributed by atoms with Gasteiger partial charge in [0.25, 0.3) is 0 Å². The number of hydrogen-bond acceptors (Lipinski definition) is 2. The van der Waals surface area contributed by atoms with Gasteiger partial charge in [0.05, 0.1) is 0 Å². The van der Waals surface area contributed by atoms with E-state index in [9.17, 15) is 4.79 Å². The monoisotopic (exact) mass is 210 g/mol. The largest absolute Gasteiger partial charge is 0.385 e. The highest BCUT2D eigenvalue weighted by molar-refractivity contribution is 5.96. The van der Waals surface area contributed by atoms with E-state index in [1.54, 1.807) is 7.11 Å². The lowest BCUT2D eigenvalue weighted by atomic mass is 9.94. The van der Waals surface area contributed by atoms with Gasteiger partial charge < -0.3 is 4.74 Å². The molecule has 0 amide bonds. The van der Waals surface area contributed by atoms with Crippen LogP contribution in [0, 0.1) is 5.92 Å². The molecule has 1 aliphatic rings. The summed E-state index contributed by atoms with van der Waals surface area (Å²) in [7, 11) is 1.68. The molecule has 0 bridgehead atoms. The number of carbonyl (C=O) groups is 1. The molecule has 0 fully saturated rings. The summed E-state index contributed by atoms with van der Waals surface area (Å²) >= 11 is 0. The van der Waals surface area contributed by atoms with Gasteiger partial charge in [0.15, 0.2) is 5.78 Å². The van der Waals surface area contributed by atoms with Gasteiger partial charge in [-0.3, -0.25) is 4.79 Å². The molecule has 1 unspecified atom stereocenters. The van der Waals surface area contributed by atoms with Crippen LogP contribution >= 0.6 is 0 Å². The minimum Gasteiger partial charge on any atom is -0.385 e. The Bertz CT molecular complexity index is 231. The van der Waals surface area contributed by atoms with E-state index in [1.165, 1.54) is 19.3 Å². The number of methoxy groups -OCH3 is 1. The average molecular weight is 210 g/mol. The number of ketones is 1. The summed E-state index contributed by atoms with van der Waals surface area (Å²) in [6.45, 7) is 2.69. The van der Waals surface area contributed by atoms with Crippen molar-refractivity contribution in [1.82, 2.24) is 0 Å². The molecule has 0 N–H and O–H groups in total. The van der Waals surface area contributed by atoms with Crippen molar-refractivity contribution in [2.75, 3.05) is 13.7 Å². The van der Waals surface area contributed by atoms with E-state index in [0.29, 0.717) is 12.4 Å². The first-order chi connectivity index (χ1) is 7.25. The van der Waals surface area contributed by atoms with Crippen LogP contribution < -0.4 is 0 Å². The maximum absolute atomic E-state index is 12.0. The van der Waals surface area contributed by atoms with E-state index in [0.717, 1.165) is 24.8 Å². The van der Waals surface area contributed by atoms with Gasteiger partial charge in [-0.2, -0.15) is 0 Å². The van der Waals surface area contributed by atoms with Gasteiger partial charge in [-0.15, -0.1) is 0 Å². The number of Topliss-reactive ketones (excluding diaryl/α,β-unsaturated/α-hetero) is 1. The lowest BCUT2D eigenvalue weighted by Gasteiger charge is -2.11. The third-order valence-corrected chi connectivity index (χ3v) is 3.06. The molecule has 0 aliphatic heterocycles. The minimum atomic E-state index is 0.120. The standard InChI is InChI=1S/C13H22O2/c1-11(9-10-15-2)13(14)12-7-5-3-4-6-8-12/h7,11H,3-6,8-10H2,1-2H3. The Morgan fingerprint density at radius 2 is 2.27 bits per heavy atom. The molecule has 0 aromatic carbocycles. The fourth-order valence-electron chi connectivity index (χ4n) is 1.98. The van der Waals surface area contributed by atoms with Crippen LogP contribution in [0.25, 0.3) is 0 Å². The number of carbonyl (C=O) groups excluding carboxylic acids is 1. The number of ether oxygens (including phenoxy) is 1. The summed E-state index contributed by atoms with van der Waals surface area (Å²) in [5.41, 5.74) is 1.07. The van der Waals surface area contributed by atoms with Crippen molar-refractivity contribution in [2.45, 2.75) is 45.4 Å². The molecule has 2 heteroatoms. The third kappa shape index (κ3) is 4.17. The van der Waals surface area contributed by atoms with Crippen LogP contribution in [0.2, 0.25) is 0 Å². The molecule has 86 valence electrons. The van der Waals surface area contributed by atoms with Crippen molar-refractivity contribution in [1.29, 1.82) is 0 Å². The van der Waals surface area contributed by atoms with Crippen molar-refractivity contribution in [3.05, 3.63) is 11.6 Å². The molecule has 1 atom stereocenters. The van der Waals surface area contributed by atoms with Crippen LogP contribution in [0.1, 0.15) is 45.4 Å². The molecule has 0 saturated heterocycles. The number of allylic oxidation sites excluding steroid dienone is 2. The normalized spacial score (nSPS) is 19.2. The Morgan fingerprint density at radius 1 is 1.47 bits per heavy atom. The molecular weight excluding hydrogens is 188 g/mol. The molecule has 0 aromatic rings. The van der Waals surface area contributed by atoms with Gasteiger partial charge in [-0.25, -0.2) is 0 Å². The Labute approximate surface area is 92.7 Å². The Hall–Kier alpha value is -0.630. The topological polar surface area (TPSA) is 26.3 Å². The zero-order valence-corrected chi connectivity index (χ0v) is 9.92. The van der Waals surface area contributed by atoms with Crippen molar-refractivity contribution in [3.8, 4) is 0 Å². The Morgan fingerprint density at radius 3 is 3.00 bits per heavy atom. The van der Waals surface area contributed by atoms with Crippen LogP contribution in [0.3, 0.4) is 0 Å². The SMILES string of the molecule is COCCC(C)C(=O)C1=CCCCCC1. The van der Waals surface area contributed by atoms with Gasteiger partial charge in [0.1, 0.15) is 0 Å². The highest BCUT2D eigenvalue weighted by atomic mass is 16.5. The van der Waals surface area contributed by atoms with Gasteiger partial charge in [0, 0.05) is 19.6 Å². The van der Waals surface area contributed by atoms with E-state index in [1.807, 2.05) is 6.92 Å². The van der Waals surface area contributed by atoms with E-state index < -0.39 is 0 Å². The van der Waals surface area contributed by atoms with Gasteiger partial charge in [0.2, 0.25) is 0 Å². The molecule has 1 aliphatic carbocycles. The maximum Gasteiger partial charge on any atom is 0.161 e. The summed E-state index contributed by atoms with van der Waals surface area (Å²) < 4.78 is 5.00. The lowest BCUT2D eigenvalue weighted by Crippen LogP contribution is -2.15. The van der Waals surface area contributed by atoms with Crippen LogP contribution in [0.15, 0.2) is 11.6 Å². The van der Waals surface area contributed by atoms with E-state index >= 15 is 0 Å². The second-order valence-corrected chi connectivity index (χ2v) is 4.38. The van der Waals surface area contributed by atoms with Crippen LogP contribution in [-0.2, 0) is 9.53 Å². The number of rotatable bonds is 5. The summed E-state index contributed by atoms with van der Waals surface area (Å²) in [5, 5.41) is 0. The zero-order chi connectivity index (χ0) is 11.1. The van der Waals surface area contributed by atoms with Gasteiger partial charge in [-0.05, 0) is 37.7 Å². The molecule has 15 heavy (non-hydrogen) atoms. The highest BCUT2D eigenvalue weighted by Crippen LogP contribution is 2.21. The van der Waals surface area contributed by atoms with Crippen molar-refractivity contribution in [3.63, 3.8) is 0 Å². The first-order valence-electron chi connectivity index (χ1n) is 5.98. The van der Waals surface area contributed by atoms with Crippen LogP contribution in [0.4, 0.5) is 0 Å². The lowest BCUT2D eigenvalue weighted by molar-refractivity contribution is -0.119. The molecule has 2 nitrogen and oxygen atoms in total. The van der Waals surface area contributed by atoms with Gasteiger partial charge >= 0.3 is 0 Å².